The molecule has 30 heavy (non-hydrogen) atoms. The first kappa shape index (κ1) is 21.2. The van der Waals surface area contributed by atoms with Crippen molar-refractivity contribution in [2.75, 3.05) is 38.2 Å². The maximum Gasteiger partial charge on any atom is 0.143 e. The Hall–Kier alpha value is -2.02. The van der Waals surface area contributed by atoms with Gasteiger partial charge >= 0.3 is 0 Å². The predicted molar refractivity (Wildman–Crippen MR) is 119 cm³/mol. The van der Waals surface area contributed by atoms with Gasteiger partial charge in [0, 0.05) is 74.1 Å². The van der Waals surface area contributed by atoms with Gasteiger partial charge in [-0.3, -0.25) is 14.8 Å². The first-order chi connectivity index (χ1) is 14.7. The zero-order valence-electron chi connectivity index (χ0n) is 17.2. The molecule has 6 nitrogen and oxygen atoms in total. The lowest BCUT2D eigenvalue weighted by Crippen LogP contribution is -2.35. The van der Waals surface area contributed by atoms with Gasteiger partial charge in [0.15, 0.2) is 0 Å². The molecule has 0 unspecified atom stereocenters. The summed E-state index contributed by atoms with van der Waals surface area (Å²) in [5, 5.41) is 7.36. The Morgan fingerprint density at radius 1 is 1.20 bits per heavy atom. The normalized spacial score (nSPS) is 20.1. The van der Waals surface area contributed by atoms with Gasteiger partial charge in [0.25, 0.3) is 0 Å². The lowest BCUT2D eigenvalue weighted by Gasteiger charge is -2.22. The summed E-state index contributed by atoms with van der Waals surface area (Å²) in [6.07, 6.45) is 9.79. The van der Waals surface area contributed by atoms with Crippen LogP contribution in [0.1, 0.15) is 31.4 Å². The number of anilines is 1. The topological polar surface area (TPSA) is 76.1 Å². The van der Waals surface area contributed by atoms with Crippen LogP contribution < -0.4 is 10.6 Å². The van der Waals surface area contributed by atoms with Gasteiger partial charge in [-0.15, -0.1) is 0 Å². The van der Waals surface area contributed by atoms with E-state index in [2.05, 4.69) is 26.7 Å². The van der Waals surface area contributed by atoms with Crippen molar-refractivity contribution in [3.05, 3.63) is 41.4 Å². The van der Waals surface area contributed by atoms with Crippen LogP contribution in [-0.4, -0.2) is 48.6 Å². The molecule has 0 saturated carbocycles. The summed E-state index contributed by atoms with van der Waals surface area (Å²) >= 11 is 6.45. The summed E-state index contributed by atoms with van der Waals surface area (Å²) in [5.74, 6) is 0.950. The third-order valence-electron chi connectivity index (χ3n) is 6.00. The molecule has 0 spiro atoms. The van der Waals surface area contributed by atoms with E-state index in [4.69, 9.17) is 16.3 Å². The minimum atomic E-state index is 0.0825. The van der Waals surface area contributed by atoms with Crippen LogP contribution in [0, 0.1) is 11.8 Å². The third kappa shape index (κ3) is 5.56. The van der Waals surface area contributed by atoms with Crippen molar-refractivity contribution in [2.45, 2.75) is 32.1 Å². The van der Waals surface area contributed by atoms with Crippen LogP contribution in [0.4, 0.5) is 5.69 Å². The average molecular weight is 429 g/mol. The van der Waals surface area contributed by atoms with E-state index in [0.717, 1.165) is 81.0 Å². The number of nitrogens with one attached hydrogen (secondary N) is 2. The van der Waals surface area contributed by atoms with Gasteiger partial charge < -0.3 is 15.4 Å². The number of hydrogen-bond acceptors (Lipinski definition) is 6. The SMILES string of the molecule is O=C(Cc1cc(-c2cncc(NCC3CCOCC3)c2)c(Cl)cn1)[C@@H]1CCCNC1. The third-order valence-corrected chi connectivity index (χ3v) is 6.31. The van der Waals surface area contributed by atoms with Crippen LogP contribution in [0.15, 0.2) is 30.7 Å². The van der Waals surface area contributed by atoms with Crippen LogP contribution in [0.5, 0.6) is 0 Å². The Labute approximate surface area is 182 Å². The molecule has 2 N–H and O–H groups in total. The van der Waals surface area contributed by atoms with Gasteiger partial charge in [-0.25, -0.2) is 0 Å². The van der Waals surface area contributed by atoms with Crippen LogP contribution >= 0.6 is 11.6 Å². The Kier molecular flexibility index (Phi) is 7.31. The minimum absolute atomic E-state index is 0.0825. The molecular formula is C23H29ClN4O2. The van der Waals surface area contributed by atoms with E-state index >= 15 is 0 Å². The number of Topliss-reactive ketones (excluding diaryl/α,β-unsaturated/α-hetero) is 1. The fourth-order valence-corrected chi connectivity index (χ4v) is 4.36. The number of pyridine rings is 2. The highest BCUT2D eigenvalue weighted by atomic mass is 35.5. The Balaban J connectivity index is 1.45. The predicted octanol–water partition coefficient (Wildman–Crippen LogP) is 3.75. The summed E-state index contributed by atoms with van der Waals surface area (Å²) in [6.45, 7) is 4.36. The van der Waals surface area contributed by atoms with Gasteiger partial charge in [0.2, 0.25) is 0 Å². The van der Waals surface area contributed by atoms with Crippen molar-refractivity contribution in [1.29, 1.82) is 0 Å². The number of rotatable bonds is 7. The van der Waals surface area contributed by atoms with Crippen molar-refractivity contribution < 1.29 is 9.53 Å². The lowest BCUT2D eigenvalue weighted by molar-refractivity contribution is -0.122. The van der Waals surface area contributed by atoms with Gasteiger partial charge in [-0.1, -0.05) is 11.6 Å². The van der Waals surface area contributed by atoms with Crippen LogP contribution in [-0.2, 0) is 16.0 Å². The molecule has 2 aromatic rings. The number of ketones is 1. The largest absolute Gasteiger partial charge is 0.384 e. The maximum atomic E-state index is 12.6. The number of halogens is 1. The summed E-state index contributed by atoms with van der Waals surface area (Å²) in [5.41, 5.74) is 3.51. The highest BCUT2D eigenvalue weighted by Crippen LogP contribution is 2.29. The summed E-state index contributed by atoms with van der Waals surface area (Å²) < 4.78 is 5.43. The molecule has 2 saturated heterocycles. The molecule has 1 atom stereocenters. The summed E-state index contributed by atoms with van der Waals surface area (Å²) in [6, 6.07) is 3.99. The highest BCUT2D eigenvalue weighted by molar-refractivity contribution is 6.33. The molecule has 4 rings (SSSR count). The van der Waals surface area contributed by atoms with Crippen LogP contribution in [0.2, 0.25) is 5.02 Å². The molecule has 0 radical (unpaired) electrons. The molecule has 160 valence electrons. The molecule has 7 heteroatoms. The molecule has 2 aromatic heterocycles. The molecule has 2 fully saturated rings. The fraction of sp³-hybridized carbons (Fsp3) is 0.522. The Morgan fingerprint density at radius 3 is 2.87 bits per heavy atom. The number of ether oxygens (including phenoxy) is 1. The number of nitrogens with zero attached hydrogens (tertiary/aromatic N) is 2. The molecule has 0 aliphatic carbocycles. The smallest absolute Gasteiger partial charge is 0.143 e. The lowest BCUT2D eigenvalue weighted by atomic mass is 9.92. The number of hydrogen-bond donors (Lipinski definition) is 2. The molecule has 0 amide bonds. The molecular weight excluding hydrogens is 400 g/mol. The van der Waals surface area contributed by atoms with Crippen molar-refractivity contribution in [2.24, 2.45) is 11.8 Å². The van der Waals surface area contributed by atoms with E-state index in [1.807, 2.05) is 12.3 Å². The monoisotopic (exact) mass is 428 g/mol. The Bertz CT molecular complexity index is 864. The number of piperidine rings is 1. The highest BCUT2D eigenvalue weighted by Gasteiger charge is 2.22. The second-order valence-corrected chi connectivity index (χ2v) is 8.65. The van der Waals surface area contributed by atoms with E-state index in [1.165, 1.54) is 0 Å². The van der Waals surface area contributed by atoms with E-state index < -0.39 is 0 Å². The van der Waals surface area contributed by atoms with Crippen LogP contribution in [0.25, 0.3) is 11.1 Å². The molecule has 2 aliphatic heterocycles. The fourth-order valence-electron chi connectivity index (χ4n) is 4.15. The Morgan fingerprint density at radius 2 is 2.07 bits per heavy atom. The van der Waals surface area contributed by atoms with Gasteiger partial charge in [0.1, 0.15) is 5.78 Å². The van der Waals surface area contributed by atoms with Crippen molar-refractivity contribution in [3.63, 3.8) is 0 Å². The van der Waals surface area contributed by atoms with Crippen molar-refractivity contribution in [3.8, 4) is 11.1 Å². The molecule has 4 heterocycles. The maximum absolute atomic E-state index is 12.6. The second kappa shape index (κ2) is 10.3. The standard InChI is InChI=1S/C23H29ClN4O2/c24-22-15-28-19(10-23(29)17-2-1-5-25-12-17)9-21(22)18-8-20(14-26-13-18)27-11-16-3-6-30-7-4-16/h8-9,13-17,25,27H,1-7,10-12H2/t17-/m1/s1. The van der Waals surface area contributed by atoms with Gasteiger partial charge in [-0.05, 0) is 50.3 Å². The second-order valence-electron chi connectivity index (χ2n) is 8.24. The summed E-state index contributed by atoms with van der Waals surface area (Å²) in [7, 11) is 0. The van der Waals surface area contributed by atoms with E-state index in [9.17, 15) is 4.79 Å². The number of carbonyl (C=O) groups is 1. The summed E-state index contributed by atoms with van der Waals surface area (Å²) in [4.78, 5) is 21.4. The zero-order valence-corrected chi connectivity index (χ0v) is 18.0. The van der Waals surface area contributed by atoms with Crippen LogP contribution in [0.3, 0.4) is 0 Å². The minimum Gasteiger partial charge on any atom is -0.384 e. The molecule has 0 aromatic carbocycles. The number of carbonyl (C=O) groups excluding carboxylic acids is 1. The first-order valence-corrected chi connectivity index (χ1v) is 11.2. The quantitative estimate of drug-likeness (QED) is 0.699. The average Bonchev–Trinajstić information content (AvgIpc) is 2.80. The number of aromatic nitrogens is 2. The van der Waals surface area contributed by atoms with Gasteiger partial charge in [-0.2, -0.15) is 0 Å². The van der Waals surface area contributed by atoms with Crippen molar-refractivity contribution >= 4 is 23.1 Å². The zero-order chi connectivity index (χ0) is 20.8. The van der Waals surface area contributed by atoms with E-state index in [-0.39, 0.29) is 11.7 Å². The molecule has 0 bridgehead atoms. The van der Waals surface area contributed by atoms with E-state index in [0.29, 0.717) is 17.4 Å². The van der Waals surface area contributed by atoms with E-state index in [1.54, 1.807) is 12.4 Å². The van der Waals surface area contributed by atoms with Crippen molar-refractivity contribution in [1.82, 2.24) is 15.3 Å². The first-order valence-electron chi connectivity index (χ1n) is 10.8. The molecule has 2 aliphatic rings. The van der Waals surface area contributed by atoms with Gasteiger partial charge in [0.05, 0.1) is 10.7 Å².